The minimum Gasteiger partial charge on any atom is -0.369 e. The number of hydrogen-bond donors (Lipinski definition) is 1. The van der Waals surface area contributed by atoms with Crippen LogP contribution in [0.1, 0.15) is 11.1 Å². The Labute approximate surface area is 84.4 Å². The maximum Gasteiger partial charge on any atom is 0.120 e. The van der Waals surface area contributed by atoms with Crippen molar-refractivity contribution in [1.82, 2.24) is 5.32 Å². The van der Waals surface area contributed by atoms with Crippen molar-refractivity contribution in [3.05, 3.63) is 41.5 Å². The van der Waals surface area contributed by atoms with E-state index < -0.39 is 0 Å². The van der Waals surface area contributed by atoms with E-state index in [1.165, 1.54) is 11.1 Å². The third-order valence-electron chi connectivity index (χ3n) is 2.21. The molecule has 0 aromatic heterocycles. The van der Waals surface area contributed by atoms with E-state index in [2.05, 4.69) is 47.6 Å². The highest BCUT2D eigenvalue weighted by Gasteiger charge is 1.98. The van der Waals surface area contributed by atoms with Gasteiger partial charge in [0.25, 0.3) is 0 Å². The number of nitrogens with one attached hydrogen (secondary N) is 1. The normalized spacial score (nSPS) is 15.6. The molecule has 0 saturated heterocycles. The first-order chi connectivity index (χ1) is 6.84. The summed E-state index contributed by atoms with van der Waals surface area (Å²) in [6, 6.07) is 8.45. The summed E-state index contributed by atoms with van der Waals surface area (Å²) in [5.74, 6) is 0.991. The minimum atomic E-state index is 0.896. The van der Waals surface area contributed by atoms with E-state index >= 15 is 0 Å². The Kier molecular flexibility index (Phi) is 2.63. The van der Waals surface area contributed by atoms with Crippen LogP contribution in [0.2, 0.25) is 0 Å². The highest BCUT2D eigenvalue weighted by molar-refractivity contribution is 5.97. The first kappa shape index (κ1) is 9.00. The number of aliphatic imine (C=N–C) groups is 1. The van der Waals surface area contributed by atoms with Crippen molar-refractivity contribution in [3.8, 4) is 0 Å². The lowest BCUT2D eigenvalue weighted by atomic mass is 10.1. The largest absolute Gasteiger partial charge is 0.369 e. The predicted octanol–water partition coefficient (Wildman–Crippen LogP) is 2.01. The van der Waals surface area contributed by atoms with Crippen molar-refractivity contribution in [3.63, 3.8) is 0 Å². The van der Waals surface area contributed by atoms with Gasteiger partial charge in [-0.1, -0.05) is 35.9 Å². The maximum atomic E-state index is 4.29. The number of aryl methyl sites for hydroxylation is 1. The molecule has 0 spiro atoms. The molecule has 1 aromatic carbocycles. The molecule has 0 amide bonds. The van der Waals surface area contributed by atoms with E-state index in [0.29, 0.717) is 0 Å². The Hall–Kier alpha value is -1.57. The summed E-state index contributed by atoms with van der Waals surface area (Å²) < 4.78 is 0. The fourth-order valence-corrected chi connectivity index (χ4v) is 1.38. The summed E-state index contributed by atoms with van der Waals surface area (Å²) in [6.45, 7) is 3.96. The zero-order valence-electron chi connectivity index (χ0n) is 8.33. The molecule has 2 nitrogen and oxygen atoms in total. The van der Waals surface area contributed by atoms with E-state index in [1.54, 1.807) is 0 Å². The minimum absolute atomic E-state index is 0.896. The van der Waals surface area contributed by atoms with Crippen LogP contribution in [0.15, 0.2) is 35.3 Å². The highest BCUT2D eigenvalue weighted by Crippen LogP contribution is 2.05. The van der Waals surface area contributed by atoms with Gasteiger partial charge in [0, 0.05) is 6.54 Å². The Bertz CT molecular complexity index is 360. The lowest BCUT2D eigenvalue weighted by Gasteiger charge is -1.95. The summed E-state index contributed by atoms with van der Waals surface area (Å²) in [7, 11) is 0. The number of benzene rings is 1. The molecule has 1 aliphatic heterocycles. The van der Waals surface area contributed by atoms with Crippen molar-refractivity contribution >= 4 is 11.9 Å². The predicted molar refractivity (Wildman–Crippen MR) is 60.5 cm³/mol. The van der Waals surface area contributed by atoms with Gasteiger partial charge in [-0.25, -0.2) is 0 Å². The summed E-state index contributed by atoms with van der Waals surface area (Å²) >= 11 is 0. The van der Waals surface area contributed by atoms with Crippen molar-refractivity contribution < 1.29 is 0 Å². The lowest BCUT2D eigenvalue weighted by molar-refractivity contribution is 0.961. The molecule has 0 unspecified atom stereocenters. The van der Waals surface area contributed by atoms with Crippen LogP contribution in [-0.2, 0) is 0 Å². The standard InChI is InChI=1S/C12H14N2/c1-10-2-4-11(5-3-10)6-7-12-13-8-9-14-12/h2-7H,8-9H2,1H3,(H,13,14)/b7-6+. The number of hydrogen-bond acceptors (Lipinski definition) is 2. The van der Waals surface area contributed by atoms with Crippen LogP contribution in [0.4, 0.5) is 0 Å². The average Bonchev–Trinajstić information content (AvgIpc) is 2.70. The van der Waals surface area contributed by atoms with E-state index in [1.807, 2.05) is 6.08 Å². The Morgan fingerprint density at radius 1 is 1.21 bits per heavy atom. The van der Waals surface area contributed by atoms with Crippen LogP contribution in [-0.4, -0.2) is 18.9 Å². The highest BCUT2D eigenvalue weighted by atomic mass is 15.1. The molecule has 0 bridgehead atoms. The average molecular weight is 186 g/mol. The Balaban J connectivity index is 2.06. The number of rotatable bonds is 2. The van der Waals surface area contributed by atoms with Crippen LogP contribution >= 0.6 is 0 Å². The van der Waals surface area contributed by atoms with Gasteiger partial charge < -0.3 is 5.32 Å². The number of nitrogens with zero attached hydrogens (tertiary/aromatic N) is 1. The van der Waals surface area contributed by atoms with Gasteiger partial charge in [0.1, 0.15) is 5.84 Å². The first-order valence-electron chi connectivity index (χ1n) is 4.88. The van der Waals surface area contributed by atoms with E-state index in [9.17, 15) is 0 Å². The van der Waals surface area contributed by atoms with Crippen LogP contribution in [0, 0.1) is 6.92 Å². The molecule has 0 radical (unpaired) electrons. The van der Waals surface area contributed by atoms with Crippen LogP contribution in [0.25, 0.3) is 6.08 Å². The smallest absolute Gasteiger partial charge is 0.120 e. The molecular weight excluding hydrogens is 172 g/mol. The van der Waals surface area contributed by atoms with Gasteiger partial charge in [-0.2, -0.15) is 0 Å². The quantitative estimate of drug-likeness (QED) is 0.750. The van der Waals surface area contributed by atoms with Gasteiger partial charge in [0.2, 0.25) is 0 Å². The molecule has 14 heavy (non-hydrogen) atoms. The second-order valence-corrected chi connectivity index (χ2v) is 3.44. The zero-order valence-corrected chi connectivity index (χ0v) is 8.33. The molecule has 0 saturated carbocycles. The molecule has 1 N–H and O–H groups in total. The molecule has 2 heteroatoms. The summed E-state index contributed by atoms with van der Waals surface area (Å²) in [5.41, 5.74) is 2.51. The second-order valence-electron chi connectivity index (χ2n) is 3.44. The van der Waals surface area contributed by atoms with Crippen molar-refractivity contribution in [1.29, 1.82) is 0 Å². The topological polar surface area (TPSA) is 24.4 Å². The fourth-order valence-electron chi connectivity index (χ4n) is 1.38. The molecule has 1 aromatic rings. The monoisotopic (exact) mass is 186 g/mol. The molecule has 0 aliphatic carbocycles. The van der Waals surface area contributed by atoms with Crippen LogP contribution in [0.5, 0.6) is 0 Å². The zero-order chi connectivity index (χ0) is 9.80. The summed E-state index contributed by atoms with van der Waals surface area (Å²) in [5, 5.41) is 3.20. The summed E-state index contributed by atoms with van der Waals surface area (Å²) in [6.07, 6.45) is 4.11. The molecule has 72 valence electrons. The molecule has 0 atom stereocenters. The second kappa shape index (κ2) is 4.09. The van der Waals surface area contributed by atoms with Crippen LogP contribution in [0.3, 0.4) is 0 Å². The van der Waals surface area contributed by atoms with Gasteiger partial charge in [-0.05, 0) is 18.6 Å². The SMILES string of the molecule is Cc1ccc(/C=C/C2=NCCN2)cc1. The number of amidine groups is 1. The Morgan fingerprint density at radius 2 is 2.00 bits per heavy atom. The fraction of sp³-hybridized carbons (Fsp3) is 0.250. The van der Waals surface area contributed by atoms with E-state index in [-0.39, 0.29) is 0 Å². The van der Waals surface area contributed by atoms with Gasteiger partial charge in [0.05, 0.1) is 6.54 Å². The molecule has 0 fully saturated rings. The van der Waals surface area contributed by atoms with Crippen LogP contribution < -0.4 is 5.32 Å². The first-order valence-corrected chi connectivity index (χ1v) is 4.88. The van der Waals surface area contributed by atoms with E-state index in [0.717, 1.165) is 18.9 Å². The third-order valence-corrected chi connectivity index (χ3v) is 2.21. The van der Waals surface area contributed by atoms with Crippen molar-refractivity contribution in [2.75, 3.05) is 13.1 Å². The molecular formula is C12H14N2. The van der Waals surface area contributed by atoms with Gasteiger partial charge in [-0.15, -0.1) is 0 Å². The lowest BCUT2D eigenvalue weighted by Crippen LogP contribution is -2.15. The maximum absolute atomic E-state index is 4.29. The summed E-state index contributed by atoms with van der Waals surface area (Å²) in [4.78, 5) is 4.29. The molecule has 1 heterocycles. The van der Waals surface area contributed by atoms with Gasteiger partial charge in [-0.3, -0.25) is 4.99 Å². The van der Waals surface area contributed by atoms with Gasteiger partial charge in [0.15, 0.2) is 0 Å². The van der Waals surface area contributed by atoms with Crippen molar-refractivity contribution in [2.24, 2.45) is 4.99 Å². The Morgan fingerprint density at radius 3 is 2.64 bits per heavy atom. The molecule has 1 aliphatic rings. The van der Waals surface area contributed by atoms with Gasteiger partial charge >= 0.3 is 0 Å². The molecule has 2 rings (SSSR count). The van der Waals surface area contributed by atoms with Crippen molar-refractivity contribution in [2.45, 2.75) is 6.92 Å². The van der Waals surface area contributed by atoms with E-state index in [4.69, 9.17) is 0 Å². The third kappa shape index (κ3) is 2.22.